The summed E-state index contributed by atoms with van der Waals surface area (Å²) < 4.78 is 4.96. The van der Waals surface area contributed by atoms with Crippen LogP contribution in [0.5, 0.6) is 0 Å². The van der Waals surface area contributed by atoms with E-state index in [0.717, 1.165) is 31.2 Å². The Balaban J connectivity index is 1.94. The molecule has 132 valence electrons. The number of benzene rings is 1. The molecule has 0 fully saturated rings. The maximum absolute atomic E-state index is 12.5. The van der Waals surface area contributed by atoms with Crippen molar-refractivity contribution >= 4 is 39.8 Å². The number of hydrogen-bond acceptors (Lipinski definition) is 4. The normalized spacial score (nSPS) is 16.2. The zero-order chi connectivity index (χ0) is 18.0. The molecule has 1 aliphatic carbocycles. The summed E-state index contributed by atoms with van der Waals surface area (Å²) in [6.07, 6.45) is 3.98. The van der Waals surface area contributed by atoms with Crippen LogP contribution in [0.25, 0.3) is 0 Å². The van der Waals surface area contributed by atoms with Crippen LogP contribution < -0.4 is 5.32 Å². The molecule has 1 N–H and O–H groups in total. The van der Waals surface area contributed by atoms with Crippen LogP contribution in [0.2, 0.25) is 5.02 Å². The molecule has 0 aliphatic heterocycles. The summed E-state index contributed by atoms with van der Waals surface area (Å²) in [5.41, 5.74) is 2.00. The van der Waals surface area contributed by atoms with Crippen molar-refractivity contribution in [2.45, 2.75) is 32.6 Å². The number of ether oxygens (including phenoxy) is 1. The number of carbonyl (C=O) groups is 2. The maximum atomic E-state index is 12.5. The van der Waals surface area contributed by atoms with Gasteiger partial charge in [0.25, 0.3) is 5.91 Å². The predicted molar refractivity (Wildman–Crippen MR) is 101 cm³/mol. The molecule has 0 saturated heterocycles. The van der Waals surface area contributed by atoms with Crippen LogP contribution in [0.3, 0.4) is 0 Å². The molecule has 2 aromatic rings. The number of anilines is 1. The fraction of sp³-hybridized carbons (Fsp3) is 0.368. The molecule has 0 spiro atoms. The van der Waals surface area contributed by atoms with E-state index in [4.69, 9.17) is 16.3 Å². The SMILES string of the molecule is CCC1CCc2c(sc(NC(=O)c3cccc(Cl)c3)c2C(=O)OC)C1. The van der Waals surface area contributed by atoms with Gasteiger partial charge < -0.3 is 10.1 Å². The lowest BCUT2D eigenvalue weighted by molar-refractivity contribution is 0.0601. The van der Waals surface area contributed by atoms with Gasteiger partial charge in [0.05, 0.1) is 12.7 Å². The molecule has 1 aliphatic rings. The van der Waals surface area contributed by atoms with Gasteiger partial charge in [0.1, 0.15) is 5.00 Å². The molecule has 1 aromatic heterocycles. The standard InChI is InChI=1S/C19H20ClNO3S/c1-3-11-7-8-14-15(9-11)25-18(16(14)19(23)24-2)21-17(22)12-5-4-6-13(20)10-12/h4-6,10-11H,3,7-9H2,1-2H3,(H,21,22). The van der Waals surface area contributed by atoms with E-state index in [9.17, 15) is 9.59 Å². The third kappa shape index (κ3) is 3.72. The van der Waals surface area contributed by atoms with Crippen molar-refractivity contribution in [2.24, 2.45) is 5.92 Å². The molecule has 1 aromatic carbocycles. The van der Waals surface area contributed by atoms with Gasteiger partial charge in [-0.2, -0.15) is 0 Å². The van der Waals surface area contributed by atoms with Crippen molar-refractivity contribution in [3.05, 3.63) is 50.9 Å². The minimum Gasteiger partial charge on any atom is -0.465 e. The van der Waals surface area contributed by atoms with E-state index in [1.807, 2.05) is 0 Å². The fourth-order valence-electron chi connectivity index (χ4n) is 3.21. The minimum atomic E-state index is -0.395. The Morgan fingerprint density at radius 3 is 2.88 bits per heavy atom. The van der Waals surface area contributed by atoms with Crippen molar-refractivity contribution in [3.63, 3.8) is 0 Å². The van der Waals surface area contributed by atoms with Crippen LogP contribution in [-0.2, 0) is 17.6 Å². The number of fused-ring (bicyclic) bond motifs is 1. The van der Waals surface area contributed by atoms with Gasteiger partial charge in [-0.3, -0.25) is 4.79 Å². The minimum absolute atomic E-state index is 0.279. The van der Waals surface area contributed by atoms with Crippen LogP contribution in [0.15, 0.2) is 24.3 Å². The Morgan fingerprint density at radius 1 is 1.40 bits per heavy atom. The van der Waals surface area contributed by atoms with Crippen LogP contribution in [0.1, 0.15) is 50.9 Å². The summed E-state index contributed by atoms with van der Waals surface area (Å²) in [5.74, 6) is -0.0414. The monoisotopic (exact) mass is 377 g/mol. The van der Waals surface area contributed by atoms with Crippen molar-refractivity contribution in [3.8, 4) is 0 Å². The highest BCUT2D eigenvalue weighted by Crippen LogP contribution is 2.40. The number of rotatable bonds is 4. The zero-order valence-corrected chi connectivity index (χ0v) is 15.8. The van der Waals surface area contributed by atoms with Gasteiger partial charge in [0, 0.05) is 15.5 Å². The summed E-state index contributed by atoms with van der Waals surface area (Å²) in [4.78, 5) is 26.0. The van der Waals surface area contributed by atoms with E-state index in [0.29, 0.717) is 27.1 Å². The van der Waals surface area contributed by atoms with Gasteiger partial charge in [-0.1, -0.05) is 31.0 Å². The van der Waals surface area contributed by atoms with Crippen molar-refractivity contribution in [1.82, 2.24) is 0 Å². The van der Waals surface area contributed by atoms with Gasteiger partial charge >= 0.3 is 5.97 Å². The van der Waals surface area contributed by atoms with E-state index in [2.05, 4.69) is 12.2 Å². The van der Waals surface area contributed by atoms with E-state index >= 15 is 0 Å². The molecular formula is C19H20ClNO3S. The first-order valence-electron chi connectivity index (χ1n) is 8.33. The Bertz CT molecular complexity index is 815. The molecule has 4 nitrogen and oxygen atoms in total. The molecular weight excluding hydrogens is 358 g/mol. The molecule has 1 amide bonds. The highest BCUT2D eigenvalue weighted by Gasteiger charge is 2.29. The topological polar surface area (TPSA) is 55.4 Å². The van der Waals surface area contributed by atoms with Crippen LogP contribution in [-0.4, -0.2) is 19.0 Å². The number of hydrogen-bond donors (Lipinski definition) is 1. The maximum Gasteiger partial charge on any atom is 0.341 e. The molecule has 0 radical (unpaired) electrons. The zero-order valence-electron chi connectivity index (χ0n) is 14.2. The second kappa shape index (κ2) is 7.58. The number of methoxy groups -OCH3 is 1. The van der Waals surface area contributed by atoms with Crippen LogP contribution in [0.4, 0.5) is 5.00 Å². The fourth-order valence-corrected chi connectivity index (χ4v) is 4.75. The number of amides is 1. The van der Waals surface area contributed by atoms with Crippen molar-refractivity contribution in [2.75, 3.05) is 12.4 Å². The van der Waals surface area contributed by atoms with Gasteiger partial charge in [-0.25, -0.2) is 4.79 Å². The summed E-state index contributed by atoms with van der Waals surface area (Å²) in [6.45, 7) is 2.19. The van der Waals surface area contributed by atoms with E-state index < -0.39 is 5.97 Å². The lowest BCUT2D eigenvalue weighted by atomic mass is 9.85. The van der Waals surface area contributed by atoms with E-state index in [1.165, 1.54) is 23.3 Å². The summed E-state index contributed by atoms with van der Waals surface area (Å²) in [5, 5.41) is 3.94. The number of halogens is 1. The number of esters is 1. The molecule has 0 bridgehead atoms. The average molecular weight is 378 g/mol. The summed E-state index contributed by atoms with van der Waals surface area (Å²) >= 11 is 7.45. The van der Waals surface area contributed by atoms with E-state index in [1.54, 1.807) is 24.3 Å². The molecule has 1 atom stereocenters. The predicted octanol–water partition coefficient (Wildman–Crippen LogP) is 4.96. The molecule has 0 saturated carbocycles. The number of nitrogens with one attached hydrogen (secondary N) is 1. The molecule has 1 unspecified atom stereocenters. The molecule has 25 heavy (non-hydrogen) atoms. The molecule has 1 heterocycles. The third-order valence-electron chi connectivity index (χ3n) is 4.65. The first-order valence-corrected chi connectivity index (χ1v) is 9.52. The Kier molecular flexibility index (Phi) is 5.45. The van der Waals surface area contributed by atoms with Gasteiger partial charge in [-0.15, -0.1) is 11.3 Å². The summed E-state index contributed by atoms with van der Waals surface area (Å²) in [6, 6.07) is 6.74. The number of carbonyl (C=O) groups excluding carboxylic acids is 2. The highest BCUT2D eigenvalue weighted by atomic mass is 35.5. The smallest absolute Gasteiger partial charge is 0.341 e. The largest absolute Gasteiger partial charge is 0.465 e. The second-order valence-corrected chi connectivity index (χ2v) is 7.72. The quantitative estimate of drug-likeness (QED) is 0.766. The van der Waals surface area contributed by atoms with Gasteiger partial charge in [0.15, 0.2) is 0 Å². The Morgan fingerprint density at radius 2 is 2.20 bits per heavy atom. The summed E-state index contributed by atoms with van der Waals surface area (Å²) in [7, 11) is 1.37. The molecule has 3 rings (SSSR count). The van der Waals surface area contributed by atoms with Crippen molar-refractivity contribution < 1.29 is 14.3 Å². The lowest BCUT2D eigenvalue weighted by Gasteiger charge is -2.20. The van der Waals surface area contributed by atoms with Gasteiger partial charge in [-0.05, 0) is 48.9 Å². The number of thiophene rings is 1. The van der Waals surface area contributed by atoms with Crippen LogP contribution >= 0.6 is 22.9 Å². The Labute approximate surface area is 156 Å². The van der Waals surface area contributed by atoms with E-state index in [-0.39, 0.29) is 5.91 Å². The van der Waals surface area contributed by atoms with Gasteiger partial charge in [0.2, 0.25) is 0 Å². The Hall–Kier alpha value is -1.85. The third-order valence-corrected chi connectivity index (χ3v) is 6.05. The molecule has 6 heteroatoms. The average Bonchev–Trinajstić information content (AvgIpc) is 2.97. The first-order chi connectivity index (χ1) is 12.0. The first kappa shape index (κ1) is 18.0. The van der Waals surface area contributed by atoms with Crippen molar-refractivity contribution in [1.29, 1.82) is 0 Å². The van der Waals surface area contributed by atoms with Crippen LogP contribution in [0, 0.1) is 5.92 Å². The highest BCUT2D eigenvalue weighted by molar-refractivity contribution is 7.17. The second-order valence-electron chi connectivity index (χ2n) is 6.18. The lowest BCUT2D eigenvalue weighted by Crippen LogP contribution is -2.16.